The lowest BCUT2D eigenvalue weighted by atomic mass is 9.82. The first-order valence-corrected chi connectivity index (χ1v) is 6.70. The van der Waals surface area contributed by atoms with Crippen molar-refractivity contribution in [3.63, 3.8) is 0 Å². The highest BCUT2D eigenvalue weighted by Gasteiger charge is 2.23. The van der Waals surface area contributed by atoms with Gasteiger partial charge in [0.25, 0.3) is 0 Å². The van der Waals surface area contributed by atoms with Crippen LogP contribution in [0.15, 0.2) is 24.3 Å². The molecule has 0 amide bonds. The standard InChI is InChI=1S/C15H21NO2/c1-3-18-15(17)13-6-4-5-12(9-13)14-7-8-16-10-11(14)2/h4-6,9,11,14,16H,3,7-8,10H2,1-2H3/t11-,14+/m0/s1. The van der Waals surface area contributed by atoms with E-state index in [0.717, 1.165) is 19.5 Å². The van der Waals surface area contributed by atoms with Crippen molar-refractivity contribution in [3.05, 3.63) is 35.4 Å². The third kappa shape index (κ3) is 2.91. The maximum atomic E-state index is 11.7. The van der Waals surface area contributed by atoms with Crippen molar-refractivity contribution in [1.82, 2.24) is 5.32 Å². The van der Waals surface area contributed by atoms with Crippen molar-refractivity contribution in [3.8, 4) is 0 Å². The van der Waals surface area contributed by atoms with E-state index in [1.54, 1.807) is 0 Å². The molecular formula is C15H21NO2. The van der Waals surface area contributed by atoms with Gasteiger partial charge in [-0.05, 0) is 56.0 Å². The maximum Gasteiger partial charge on any atom is 0.338 e. The lowest BCUT2D eigenvalue weighted by Crippen LogP contribution is -2.33. The van der Waals surface area contributed by atoms with Gasteiger partial charge in [-0.1, -0.05) is 19.1 Å². The van der Waals surface area contributed by atoms with E-state index in [4.69, 9.17) is 4.74 Å². The molecule has 1 aromatic rings. The van der Waals surface area contributed by atoms with Crippen LogP contribution in [0.5, 0.6) is 0 Å². The van der Waals surface area contributed by atoms with Gasteiger partial charge in [0.15, 0.2) is 0 Å². The molecule has 1 N–H and O–H groups in total. The normalized spacial score (nSPS) is 23.7. The van der Waals surface area contributed by atoms with Crippen molar-refractivity contribution in [2.75, 3.05) is 19.7 Å². The molecule has 0 saturated carbocycles. The number of hydrogen-bond acceptors (Lipinski definition) is 3. The zero-order valence-electron chi connectivity index (χ0n) is 11.1. The summed E-state index contributed by atoms with van der Waals surface area (Å²) in [4.78, 5) is 11.7. The Balaban J connectivity index is 2.18. The number of carbonyl (C=O) groups is 1. The Bertz CT molecular complexity index is 417. The quantitative estimate of drug-likeness (QED) is 0.834. The summed E-state index contributed by atoms with van der Waals surface area (Å²) in [6, 6.07) is 7.89. The van der Waals surface area contributed by atoms with Crippen LogP contribution in [0, 0.1) is 5.92 Å². The first kappa shape index (κ1) is 13.1. The molecule has 0 aliphatic carbocycles. The van der Waals surface area contributed by atoms with Crippen molar-refractivity contribution in [2.45, 2.75) is 26.2 Å². The van der Waals surface area contributed by atoms with Gasteiger partial charge in [-0.15, -0.1) is 0 Å². The van der Waals surface area contributed by atoms with E-state index < -0.39 is 0 Å². The predicted molar refractivity (Wildman–Crippen MR) is 71.8 cm³/mol. The van der Waals surface area contributed by atoms with Gasteiger partial charge < -0.3 is 10.1 Å². The summed E-state index contributed by atoms with van der Waals surface area (Å²) in [6.07, 6.45) is 1.13. The molecule has 0 unspecified atom stereocenters. The second-order valence-corrected chi connectivity index (χ2v) is 4.92. The Hall–Kier alpha value is -1.35. The number of nitrogens with one attached hydrogen (secondary N) is 1. The topological polar surface area (TPSA) is 38.3 Å². The van der Waals surface area contributed by atoms with E-state index in [2.05, 4.69) is 18.3 Å². The number of ether oxygens (including phenoxy) is 1. The van der Waals surface area contributed by atoms with Gasteiger partial charge in [0.05, 0.1) is 12.2 Å². The van der Waals surface area contributed by atoms with Gasteiger partial charge in [0.1, 0.15) is 0 Å². The van der Waals surface area contributed by atoms with Crippen molar-refractivity contribution >= 4 is 5.97 Å². The molecule has 2 rings (SSSR count). The predicted octanol–water partition coefficient (Wildman–Crippen LogP) is 2.58. The number of esters is 1. The van der Waals surface area contributed by atoms with Crippen LogP contribution in [0.1, 0.15) is 42.1 Å². The molecule has 3 heteroatoms. The van der Waals surface area contributed by atoms with Gasteiger partial charge in [-0.3, -0.25) is 0 Å². The first-order chi connectivity index (χ1) is 8.72. The Labute approximate surface area is 109 Å². The fourth-order valence-corrected chi connectivity index (χ4v) is 2.62. The second kappa shape index (κ2) is 6.01. The summed E-state index contributed by atoms with van der Waals surface area (Å²) in [5.74, 6) is 0.928. The number of rotatable bonds is 3. The van der Waals surface area contributed by atoms with Gasteiger partial charge in [-0.2, -0.15) is 0 Å². The van der Waals surface area contributed by atoms with Gasteiger partial charge >= 0.3 is 5.97 Å². The van der Waals surface area contributed by atoms with E-state index >= 15 is 0 Å². The Morgan fingerprint density at radius 1 is 1.50 bits per heavy atom. The minimum absolute atomic E-state index is 0.221. The lowest BCUT2D eigenvalue weighted by molar-refractivity contribution is 0.0526. The van der Waals surface area contributed by atoms with Crippen LogP contribution in [-0.4, -0.2) is 25.7 Å². The van der Waals surface area contributed by atoms with Crippen LogP contribution in [-0.2, 0) is 4.74 Å². The van der Waals surface area contributed by atoms with Gasteiger partial charge in [-0.25, -0.2) is 4.79 Å². The molecule has 1 aliphatic heterocycles. The molecule has 2 atom stereocenters. The average molecular weight is 247 g/mol. The fraction of sp³-hybridized carbons (Fsp3) is 0.533. The molecule has 1 aliphatic rings. The number of hydrogen-bond donors (Lipinski definition) is 1. The van der Waals surface area contributed by atoms with Gasteiger partial charge in [0, 0.05) is 0 Å². The van der Waals surface area contributed by atoms with Crippen molar-refractivity contribution < 1.29 is 9.53 Å². The number of piperidine rings is 1. The molecule has 0 spiro atoms. The van der Waals surface area contributed by atoms with E-state index in [1.807, 2.05) is 25.1 Å². The van der Waals surface area contributed by atoms with Crippen LogP contribution >= 0.6 is 0 Å². The van der Waals surface area contributed by atoms with Crippen LogP contribution in [0.3, 0.4) is 0 Å². The highest BCUT2D eigenvalue weighted by Crippen LogP contribution is 2.30. The van der Waals surface area contributed by atoms with Crippen molar-refractivity contribution in [1.29, 1.82) is 0 Å². The van der Waals surface area contributed by atoms with E-state index in [9.17, 15) is 4.79 Å². The van der Waals surface area contributed by atoms with Crippen molar-refractivity contribution in [2.24, 2.45) is 5.92 Å². The molecular weight excluding hydrogens is 226 g/mol. The molecule has 1 aromatic carbocycles. The molecule has 0 radical (unpaired) electrons. The molecule has 0 bridgehead atoms. The zero-order valence-corrected chi connectivity index (χ0v) is 11.1. The molecule has 1 heterocycles. The fourth-order valence-electron chi connectivity index (χ4n) is 2.62. The maximum absolute atomic E-state index is 11.7. The van der Waals surface area contributed by atoms with E-state index in [1.165, 1.54) is 5.56 Å². The number of benzene rings is 1. The van der Waals surface area contributed by atoms with Crippen LogP contribution in [0.2, 0.25) is 0 Å². The third-order valence-electron chi connectivity index (χ3n) is 3.61. The zero-order chi connectivity index (χ0) is 13.0. The average Bonchev–Trinajstić information content (AvgIpc) is 2.40. The lowest BCUT2D eigenvalue weighted by Gasteiger charge is -2.30. The molecule has 18 heavy (non-hydrogen) atoms. The molecule has 3 nitrogen and oxygen atoms in total. The highest BCUT2D eigenvalue weighted by molar-refractivity contribution is 5.89. The monoisotopic (exact) mass is 247 g/mol. The van der Waals surface area contributed by atoms with Crippen LogP contribution < -0.4 is 5.32 Å². The molecule has 0 aromatic heterocycles. The van der Waals surface area contributed by atoms with E-state index in [0.29, 0.717) is 24.0 Å². The van der Waals surface area contributed by atoms with Gasteiger partial charge in [0.2, 0.25) is 0 Å². The number of carbonyl (C=O) groups excluding carboxylic acids is 1. The summed E-state index contributed by atoms with van der Waals surface area (Å²) in [7, 11) is 0. The Kier molecular flexibility index (Phi) is 4.37. The first-order valence-electron chi connectivity index (χ1n) is 6.70. The molecule has 1 saturated heterocycles. The smallest absolute Gasteiger partial charge is 0.338 e. The van der Waals surface area contributed by atoms with Crippen LogP contribution in [0.4, 0.5) is 0 Å². The molecule has 98 valence electrons. The summed E-state index contributed by atoms with van der Waals surface area (Å²) >= 11 is 0. The Morgan fingerprint density at radius 3 is 3.06 bits per heavy atom. The third-order valence-corrected chi connectivity index (χ3v) is 3.61. The summed E-state index contributed by atoms with van der Waals surface area (Å²) < 4.78 is 5.05. The highest BCUT2D eigenvalue weighted by atomic mass is 16.5. The molecule has 1 fully saturated rings. The SMILES string of the molecule is CCOC(=O)c1cccc([C@@H]2CCNC[C@@H]2C)c1. The second-order valence-electron chi connectivity index (χ2n) is 4.92. The van der Waals surface area contributed by atoms with E-state index in [-0.39, 0.29) is 5.97 Å². The summed E-state index contributed by atoms with van der Waals surface area (Å²) in [6.45, 7) is 6.62. The van der Waals surface area contributed by atoms with Crippen LogP contribution in [0.25, 0.3) is 0 Å². The minimum atomic E-state index is -0.221. The Morgan fingerprint density at radius 2 is 2.33 bits per heavy atom. The summed E-state index contributed by atoms with van der Waals surface area (Å²) in [5, 5.41) is 3.40. The minimum Gasteiger partial charge on any atom is -0.462 e. The largest absolute Gasteiger partial charge is 0.462 e. The summed E-state index contributed by atoms with van der Waals surface area (Å²) in [5.41, 5.74) is 1.93.